The minimum atomic E-state index is -0.443. The minimum absolute atomic E-state index is 0.443. The molecule has 0 aliphatic carbocycles. The second-order valence-corrected chi connectivity index (χ2v) is 2.45. The first-order chi connectivity index (χ1) is 4.77. The van der Waals surface area contributed by atoms with Crippen LogP contribution in [0.5, 0.6) is 0 Å². The Hall–Kier alpha value is -0.0800. The second kappa shape index (κ2) is 7.03. The Kier molecular flexibility index (Phi) is 6.98. The molecule has 1 N–H and O–H groups in total. The highest BCUT2D eigenvalue weighted by molar-refractivity contribution is 4.57. The lowest BCUT2D eigenvalue weighted by molar-refractivity contribution is 0.100. The zero-order chi connectivity index (χ0) is 7.82. The predicted octanol–water partition coefficient (Wildman–Crippen LogP) is 1.74. The molecule has 10 heavy (non-hydrogen) atoms. The van der Waals surface area contributed by atoms with E-state index in [9.17, 15) is 0 Å². The van der Waals surface area contributed by atoms with Crippen LogP contribution in [-0.4, -0.2) is 17.8 Å². The van der Waals surface area contributed by atoms with Crippen molar-refractivity contribution >= 4 is 0 Å². The summed E-state index contributed by atoms with van der Waals surface area (Å²) in [6.45, 7) is 6.03. The van der Waals surface area contributed by atoms with E-state index >= 15 is 0 Å². The lowest BCUT2D eigenvalue weighted by atomic mass is 10.3. The molecule has 0 rings (SSSR count). The average Bonchev–Trinajstić information content (AvgIpc) is 1.87. The molecule has 1 radical (unpaired) electrons. The van der Waals surface area contributed by atoms with E-state index in [0.29, 0.717) is 0 Å². The Morgan fingerprint density at radius 1 is 1.50 bits per heavy atom. The number of hydrogen-bond donors (Lipinski definition) is 1. The summed E-state index contributed by atoms with van der Waals surface area (Å²) < 4.78 is 5.02. The summed E-state index contributed by atoms with van der Waals surface area (Å²) in [7, 11) is 0. The maximum absolute atomic E-state index is 8.73. The van der Waals surface area contributed by atoms with E-state index in [1.165, 1.54) is 19.4 Å². The summed E-state index contributed by atoms with van der Waals surface area (Å²) >= 11 is 0. The fraction of sp³-hybridized carbons (Fsp3) is 0.875. The number of aliphatic hydroxyl groups excluding tert-OH is 1. The molecule has 0 bridgehead atoms. The van der Waals surface area contributed by atoms with E-state index in [-0.39, 0.29) is 0 Å². The Morgan fingerprint density at radius 2 is 2.20 bits per heavy atom. The van der Waals surface area contributed by atoms with Crippen LogP contribution in [0, 0.1) is 6.61 Å². The van der Waals surface area contributed by atoms with Crippen molar-refractivity contribution in [2.45, 2.75) is 39.2 Å². The lowest BCUT2D eigenvalue weighted by Crippen LogP contribution is -2.04. The first-order valence-corrected chi connectivity index (χ1v) is 3.90. The van der Waals surface area contributed by atoms with Gasteiger partial charge in [-0.25, -0.2) is 0 Å². The summed E-state index contributed by atoms with van der Waals surface area (Å²) in [6, 6.07) is 0. The quantitative estimate of drug-likeness (QED) is 0.577. The van der Waals surface area contributed by atoms with E-state index in [0.717, 1.165) is 13.0 Å². The van der Waals surface area contributed by atoms with Gasteiger partial charge in [-0.1, -0.05) is 19.8 Å². The number of aliphatic hydroxyl groups is 1. The number of ether oxygens (including phenoxy) is 1. The van der Waals surface area contributed by atoms with Crippen molar-refractivity contribution in [1.29, 1.82) is 0 Å². The zero-order valence-electron chi connectivity index (χ0n) is 6.84. The molecule has 61 valence electrons. The number of rotatable bonds is 6. The fourth-order valence-electron chi connectivity index (χ4n) is 0.643. The van der Waals surface area contributed by atoms with Crippen LogP contribution in [0.15, 0.2) is 0 Å². The molecule has 0 aromatic heterocycles. The van der Waals surface area contributed by atoms with Crippen molar-refractivity contribution in [2.24, 2.45) is 0 Å². The Balaban J connectivity index is 2.77. The lowest BCUT2D eigenvalue weighted by Gasteiger charge is -2.03. The van der Waals surface area contributed by atoms with Crippen molar-refractivity contribution in [3.8, 4) is 0 Å². The molecule has 0 saturated carbocycles. The highest BCUT2D eigenvalue weighted by atomic mass is 16.5. The van der Waals surface area contributed by atoms with Gasteiger partial charge in [-0.15, -0.1) is 0 Å². The van der Waals surface area contributed by atoms with Crippen molar-refractivity contribution in [2.75, 3.05) is 6.61 Å². The SMILES string of the molecule is CCCCCO[CH]C(C)O. The molecule has 0 spiro atoms. The molecule has 0 aromatic rings. The molecular weight excluding hydrogens is 128 g/mol. The van der Waals surface area contributed by atoms with Crippen molar-refractivity contribution in [3.63, 3.8) is 0 Å². The monoisotopic (exact) mass is 145 g/mol. The van der Waals surface area contributed by atoms with Crippen molar-refractivity contribution in [3.05, 3.63) is 6.61 Å². The third kappa shape index (κ3) is 7.92. The van der Waals surface area contributed by atoms with Crippen LogP contribution < -0.4 is 0 Å². The first-order valence-electron chi connectivity index (χ1n) is 3.90. The van der Waals surface area contributed by atoms with Crippen LogP contribution in [0.25, 0.3) is 0 Å². The summed E-state index contributed by atoms with van der Waals surface area (Å²) in [5.41, 5.74) is 0. The van der Waals surface area contributed by atoms with Gasteiger partial charge in [0, 0.05) is 6.61 Å². The van der Waals surface area contributed by atoms with Crippen LogP contribution in [0.2, 0.25) is 0 Å². The molecule has 0 heterocycles. The molecule has 1 unspecified atom stereocenters. The smallest absolute Gasteiger partial charge is 0.112 e. The van der Waals surface area contributed by atoms with Gasteiger partial charge in [0.2, 0.25) is 0 Å². The van der Waals surface area contributed by atoms with Gasteiger partial charge in [-0.2, -0.15) is 0 Å². The Bertz CT molecular complexity index is 62.3. The molecule has 2 heteroatoms. The summed E-state index contributed by atoms with van der Waals surface area (Å²) in [5.74, 6) is 0. The second-order valence-electron chi connectivity index (χ2n) is 2.45. The first kappa shape index (κ1) is 9.92. The molecule has 0 fully saturated rings. The van der Waals surface area contributed by atoms with Gasteiger partial charge >= 0.3 is 0 Å². The van der Waals surface area contributed by atoms with Gasteiger partial charge < -0.3 is 9.84 Å². The van der Waals surface area contributed by atoms with Gasteiger partial charge in [-0.3, -0.25) is 0 Å². The zero-order valence-corrected chi connectivity index (χ0v) is 6.84. The van der Waals surface area contributed by atoms with Crippen LogP contribution in [0.3, 0.4) is 0 Å². The summed E-state index contributed by atoms with van der Waals surface area (Å²) in [5, 5.41) is 8.73. The third-order valence-electron chi connectivity index (χ3n) is 1.16. The van der Waals surface area contributed by atoms with Crippen LogP contribution in [0.1, 0.15) is 33.1 Å². The fourth-order valence-corrected chi connectivity index (χ4v) is 0.643. The van der Waals surface area contributed by atoms with Crippen LogP contribution in [0.4, 0.5) is 0 Å². The van der Waals surface area contributed by atoms with E-state index < -0.39 is 6.10 Å². The standard InChI is InChI=1S/C8H17O2/c1-3-4-5-6-10-7-8(2)9/h7-9H,3-6H2,1-2H3. The molecule has 1 atom stereocenters. The highest BCUT2D eigenvalue weighted by Crippen LogP contribution is 1.96. The maximum Gasteiger partial charge on any atom is 0.112 e. The molecule has 0 saturated heterocycles. The third-order valence-corrected chi connectivity index (χ3v) is 1.16. The Morgan fingerprint density at radius 3 is 2.70 bits per heavy atom. The number of hydrogen-bond acceptors (Lipinski definition) is 2. The Labute approximate surface area is 63.2 Å². The maximum atomic E-state index is 8.73. The molecular formula is C8H17O2. The predicted molar refractivity (Wildman–Crippen MR) is 41.5 cm³/mol. The molecule has 0 amide bonds. The van der Waals surface area contributed by atoms with E-state index in [2.05, 4.69) is 6.92 Å². The van der Waals surface area contributed by atoms with E-state index in [1.807, 2.05) is 0 Å². The largest absolute Gasteiger partial charge is 0.391 e. The normalized spacial score (nSPS) is 13.5. The number of unbranched alkanes of at least 4 members (excludes halogenated alkanes) is 2. The molecule has 2 nitrogen and oxygen atoms in total. The molecule has 0 aliphatic rings. The van der Waals surface area contributed by atoms with Crippen LogP contribution >= 0.6 is 0 Å². The van der Waals surface area contributed by atoms with Gasteiger partial charge in [-0.05, 0) is 13.3 Å². The summed E-state index contributed by atoms with van der Waals surface area (Å²) in [6.07, 6.45) is 3.05. The van der Waals surface area contributed by atoms with Crippen molar-refractivity contribution in [1.82, 2.24) is 0 Å². The molecule has 0 aromatic carbocycles. The van der Waals surface area contributed by atoms with Gasteiger partial charge in [0.25, 0.3) is 0 Å². The van der Waals surface area contributed by atoms with Gasteiger partial charge in [0.05, 0.1) is 6.10 Å². The van der Waals surface area contributed by atoms with Crippen LogP contribution in [-0.2, 0) is 4.74 Å². The van der Waals surface area contributed by atoms with Crippen molar-refractivity contribution < 1.29 is 9.84 Å². The molecule has 0 aliphatic heterocycles. The highest BCUT2D eigenvalue weighted by Gasteiger charge is 1.94. The van der Waals surface area contributed by atoms with E-state index in [1.54, 1.807) is 6.92 Å². The van der Waals surface area contributed by atoms with E-state index in [4.69, 9.17) is 9.84 Å². The topological polar surface area (TPSA) is 29.5 Å². The summed E-state index contributed by atoms with van der Waals surface area (Å²) in [4.78, 5) is 0. The minimum Gasteiger partial charge on any atom is -0.391 e. The average molecular weight is 145 g/mol. The van der Waals surface area contributed by atoms with Gasteiger partial charge in [0.1, 0.15) is 6.61 Å². The van der Waals surface area contributed by atoms with Gasteiger partial charge in [0.15, 0.2) is 0 Å².